The number of piperidine rings is 1. The minimum absolute atomic E-state index is 0.451. The Morgan fingerprint density at radius 1 is 1.10 bits per heavy atom. The van der Waals surface area contributed by atoms with Crippen LogP contribution in [0.2, 0.25) is 0 Å². The van der Waals surface area contributed by atoms with Gasteiger partial charge in [-0.25, -0.2) is 4.79 Å². The third kappa shape index (κ3) is 3.03. The third-order valence-electron chi connectivity index (χ3n) is 4.22. The zero-order valence-corrected chi connectivity index (χ0v) is 11.7. The SMILES string of the molecule is O=C(O)C=C(c1ccc(N2CCCCC2)cc1)C1CC1. The number of anilines is 1. The second-order valence-corrected chi connectivity index (χ2v) is 5.81. The van der Waals surface area contributed by atoms with Gasteiger partial charge < -0.3 is 10.0 Å². The normalized spacial score (nSPS) is 20.0. The van der Waals surface area contributed by atoms with Gasteiger partial charge in [0.15, 0.2) is 0 Å². The molecule has 0 bridgehead atoms. The zero-order valence-electron chi connectivity index (χ0n) is 11.7. The Labute approximate surface area is 119 Å². The molecule has 2 aliphatic rings. The standard InChI is InChI=1S/C17H21NO2/c19-17(20)12-16(13-4-5-13)14-6-8-15(9-7-14)18-10-2-1-3-11-18/h6-9,12-13H,1-5,10-11H2,(H,19,20). The average Bonchev–Trinajstić information content (AvgIpc) is 3.30. The van der Waals surface area contributed by atoms with Gasteiger partial charge in [-0.15, -0.1) is 0 Å². The van der Waals surface area contributed by atoms with Crippen LogP contribution < -0.4 is 4.90 Å². The molecule has 1 aliphatic carbocycles. The van der Waals surface area contributed by atoms with Gasteiger partial charge in [0.05, 0.1) is 0 Å². The summed E-state index contributed by atoms with van der Waals surface area (Å²) in [6.07, 6.45) is 7.50. The number of rotatable bonds is 4. The number of benzene rings is 1. The second-order valence-electron chi connectivity index (χ2n) is 5.81. The van der Waals surface area contributed by atoms with E-state index in [2.05, 4.69) is 29.2 Å². The second kappa shape index (κ2) is 5.70. The molecule has 106 valence electrons. The molecule has 1 aromatic rings. The van der Waals surface area contributed by atoms with Crippen molar-refractivity contribution in [2.24, 2.45) is 5.92 Å². The highest BCUT2D eigenvalue weighted by atomic mass is 16.4. The molecule has 0 radical (unpaired) electrons. The van der Waals surface area contributed by atoms with Gasteiger partial charge in [-0.1, -0.05) is 12.1 Å². The molecule has 3 rings (SSSR count). The number of hydrogen-bond acceptors (Lipinski definition) is 2. The van der Waals surface area contributed by atoms with Crippen LogP contribution in [0.15, 0.2) is 30.3 Å². The first-order chi connectivity index (χ1) is 9.74. The van der Waals surface area contributed by atoms with Crippen LogP contribution >= 0.6 is 0 Å². The summed E-state index contributed by atoms with van der Waals surface area (Å²) in [5.74, 6) is -0.390. The van der Waals surface area contributed by atoms with Crippen LogP contribution in [-0.4, -0.2) is 24.2 Å². The van der Waals surface area contributed by atoms with Gasteiger partial charge in [-0.05, 0) is 61.3 Å². The first-order valence-corrected chi connectivity index (χ1v) is 7.54. The molecule has 0 unspecified atom stereocenters. The number of allylic oxidation sites excluding steroid dienone is 1. The Morgan fingerprint density at radius 2 is 1.75 bits per heavy atom. The third-order valence-corrected chi connectivity index (χ3v) is 4.22. The first kappa shape index (κ1) is 13.2. The number of aliphatic carboxylic acids is 1. The van der Waals surface area contributed by atoms with E-state index in [1.54, 1.807) is 0 Å². The molecular weight excluding hydrogens is 250 g/mol. The molecule has 0 amide bonds. The van der Waals surface area contributed by atoms with Gasteiger partial charge in [0.1, 0.15) is 0 Å². The Balaban J connectivity index is 1.79. The summed E-state index contributed by atoms with van der Waals surface area (Å²) in [6, 6.07) is 8.44. The predicted molar refractivity (Wildman–Crippen MR) is 80.8 cm³/mol. The minimum Gasteiger partial charge on any atom is -0.478 e. The van der Waals surface area contributed by atoms with Crippen molar-refractivity contribution in [3.63, 3.8) is 0 Å². The lowest BCUT2D eigenvalue weighted by atomic mass is 10.00. The van der Waals surface area contributed by atoms with Gasteiger partial charge in [-0.3, -0.25) is 0 Å². The topological polar surface area (TPSA) is 40.5 Å². The van der Waals surface area contributed by atoms with Crippen molar-refractivity contribution in [1.29, 1.82) is 0 Å². The summed E-state index contributed by atoms with van der Waals surface area (Å²) < 4.78 is 0. The van der Waals surface area contributed by atoms with E-state index in [4.69, 9.17) is 5.11 Å². The number of carboxylic acid groups (broad SMARTS) is 1. The van der Waals surface area contributed by atoms with Crippen molar-refractivity contribution in [3.8, 4) is 0 Å². The molecular formula is C17H21NO2. The Bertz CT molecular complexity index is 508. The fourth-order valence-corrected chi connectivity index (χ4v) is 2.98. The van der Waals surface area contributed by atoms with Crippen LogP contribution in [0.3, 0.4) is 0 Å². The molecule has 1 aliphatic heterocycles. The molecule has 20 heavy (non-hydrogen) atoms. The maximum absolute atomic E-state index is 10.9. The van der Waals surface area contributed by atoms with E-state index in [0.29, 0.717) is 5.92 Å². The van der Waals surface area contributed by atoms with E-state index in [1.165, 1.54) is 31.0 Å². The van der Waals surface area contributed by atoms with E-state index < -0.39 is 5.97 Å². The highest BCUT2D eigenvalue weighted by Gasteiger charge is 2.27. The minimum atomic E-state index is -0.841. The molecule has 0 aromatic heterocycles. The van der Waals surface area contributed by atoms with E-state index in [1.807, 2.05) is 0 Å². The molecule has 1 saturated heterocycles. The summed E-state index contributed by atoms with van der Waals surface area (Å²) in [4.78, 5) is 13.4. The van der Waals surface area contributed by atoms with Crippen molar-refractivity contribution < 1.29 is 9.90 Å². The molecule has 1 heterocycles. The summed E-state index contributed by atoms with van der Waals surface area (Å²) in [6.45, 7) is 2.28. The molecule has 3 heteroatoms. The van der Waals surface area contributed by atoms with Gasteiger partial charge in [0, 0.05) is 24.9 Å². The Morgan fingerprint density at radius 3 is 2.30 bits per heavy atom. The molecule has 1 aromatic carbocycles. The van der Waals surface area contributed by atoms with E-state index >= 15 is 0 Å². The molecule has 1 N–H and O–H groups in total. The lowest BCUT2D eigenvalue weighted by molar-refractivity contribution is -0.131. The fourth-order valence-electron chi connectivity index (χ4n) is 2.98. The average molecular weight is 271 g/mol. The van der Waals surface area contributed by atoms with Gasteiger partial charge in [-0.2, -0.15) is 0 Å². The van der Waals surface area contributed by atoms with Crippen LogP contribution in [0, 0.1) is 5.92 Å². The largest absolute Gasteiger partial charge is 0.478 e. The van der Waals surface area contributed by atoms with Crippen LogP contribution in [-0.2, 0) is 4.79 Å². The van der Waals surface area contributed by atoms with Crippen LogP contribution in [0.25, 0.3) is 5.57 Å². The number of hydrogen-bond donors (Lipinski definition) is 1. The monoisotopic (exact) mass is 271 g/mol. The van der Waals surface area contributed by atoms with Crippen molar-refractivity contribution in [1.82, 2.24) is 0 Å². The summed E-state index contributed by atoms with van der Waals surface area (Å²) in [7, 11) is 0. The van der Waals surface area contributed by atoms with Crippen LogP contribution in [0.1, 0.15) is 37.7 Å². The molecule has 1 saturated carbocycles. The maximum atomic E-state index is 10.9. The zero-order chi connectivity index (χ0) is 13.9. The highest BCUT2D eigenvalue weighted by molar-refractivity contribution is 5.91. The number of nitrogens with zero attached hydrogens (tertiary/aromatic N) is 1. The summed E-state index contributed by atoms with van der Waals surface area (Å²) >= 11 is 0. The molecule has 0 spiro atoms. The predicted octanol–water partition coefficient (Wildman–Crippen LogP) is 3.55. The summed E-state index contributed by atoms with van der Waals surface area (Å²) in [5.41, 5.74) is 3.32. The number of carbonyl (C=O) groups is 1. The van der Waals surface area contributed by atoms with Crippen LogP contribution in [0.4, 0.5) is 5.69 Å². The number of carboxylic acids is 1. The highest BCUT2D eigenvalue weighted by Crippen LogP contribution is 2.42. The van der Waals surface area contributed by atoms with Crippen molar-refractivity contribution in [2.75, 3.05) is 18.0 Å². The van der Waals surface area contributed by atoms with Crippen molar-refractivity contribution >= 4 is 17.2 Å². The first-order valence-electron chi connectivity index (χ1n) is 7.54. The lowest BCUT2D eigenvalue weighted by Gasteiger charge is -2.29. The smallest absolute Gasteiger partial charge is 0.328 e. The quantitative estimate of drug-likeness (QED) is 0.851. The van der Waals surface area contributed by atoms with Gasteiger partial charge >= 0.3 is 5.97 Å². The van der Waals surface area contributed by atoms with Crippen molar-refractivity contribution in [2.45, 2.75) is 32.1 Å². The molecule has 3 nitrogen and oxygen atoms in total. The van der Waals surface area contributed by atoms with Crippen molar-refractivity contribution in [3.05, 3.63) is 35.9 Å². The fraction of sp³-hybridized carbons (Fsp3) is 0.471. The Hall–Kier alpha value is -1.77. The molecule has 0 atom stereocenters. The molecule has 2 fully saturated rings. The maximum Gasteiger partial charge on any atom is 0.328 e. The van der Waals surface area contributed by atoms with Gasteiger partial charge in [0.2, 0.25) is 0 Å². The van der Waals surface area contributed by atoms with Gasteiger partial charge in [0.25, 0.3) is 0 Å². The van der Waals surface area contributed by atoms with E-state index in [-0.39, 0.29) is 0 Å². The van der Waals surface area contributed by atoms with E-state index in [0.717, 1.165) is 37.1 Å². The lowest BCUT2D eigenvalue weighted by Crippen LogP contribution is -2.29. The van der Waals surface area contributed by atoms with Crippen LogP contribution in [0.5, 0.6) is 0 Å². The Kier molecular flexibility index (Phi) is 3.77. The summed E-state index contributed by atoms with van der Waals surface area (Å²) in [5, 5.41) is 9.00. The van der Waals surface area contributed by atoms with E-state index in [9.17, 15) is 4.79 Å².